The second-order valence-electron chi connectivity index (χ2n) is 7.97. The van der Waals surface area contributed by atoms with E-state index >= 15 is 0 Å². The maximum atomic E-state index is 12.7. The Morgan fingerprint density at radius 1 is 0.971 bits per heavy atom. The van der Waals surface area contributed by atoms with Crippen LogP contribution in [0, 0.1) is 0 Å². The molecule has 0 aliphatic heterocycles. The number of aliphatic carboxylic acids is 2. The minimum Gasteiger partial charge on any atom is -0.481 e. The van der Waals surface area contributed by atoms with E-state index in [1.807, 2.05) is 29.2 Å². The fourth-order valence-corrected chi connectivity index (χ4v) is 3.49. The lowest BCUT2D eigenvalue weighted by Gasteiger charge is -2.23. The smallest absolute Gasteiger partial charge is 0.326 e. The minimum absolute atomic E-state index is 0.0925. The van der Waals surface area contributed by atoms with Crippen LogP contribution >= 0.6 is 15.9 Å². The quantitative estimate of drug-likeness (QED) is 0.189. The van der Waals surface area contributed by atoms with E-state index in [0.29, 0.717) is 39.0 Å². The maximum Gasteiger partial charge on any atom is 0.326 e. The predicted molar refractivity (Wildman–Crippen MR) is 131 cm³/mol. The number of nitrogens with two attached hydrogens (primary N) is 1. The number of unbranched alkanes of at least 4 members (excludes halogenated alkanes) is 3. The summed E-state index contributed by atoms with van der Waals surface area (Å²) in [6.07, 6.45) is 3.69. The van der Waals surface area contributed by atoms with Gasteiger partial charge in [-0.25, -0.2) is 9.59 Å². The van der Waals surface area contributed by atoms with Crippen LogP contribution in [0.2, 0.25) is 0 Å². The van der Waals surface area contributed by atoms with E-state index in [9.17, 15) is 19.2 Å². The number of rotatable bonds is 17. The van der Waals surface area contributed by atoms with E-state index in [1.165, 1.54) is 0 Å². The average Bonchev–Trinajstić information content (AvgIpc) is 2.79. The van der Waals surface area contributed by atoms with Crippen molar-refractivity contribution in [2.45, 2.75) is 64.0 Å². The van der Waals surface area contributed by atoms with Crippen molar-refractivity contribution >= 4 is 39.8 Å². The second-order valence-corrected chi connectivity index (χ2v) is 8.89. The largest absolute Gasteiger partial charge is 0.481 e. The summed E-state index contributed by atoms with van der Waals surface area (Å²) >= 11 is 3.41. The van der Waals surface area contributed by atoms with Crippen LogP contribution in [-0.4, -0.2) is 64.7 Å². The molecule has 0 spiro atoms. The van der Waals surface area contributed by atoms with Crippen molar-refractivity contribution in [1.82, 2.24) is 15.5 Å². The lowest BCUT2D eigenvalue weighted by molar-refractivity contribution is -0.140. The lowest BCUT2D eigenvalue weighted by Crippen LogP contribution is -2.46. The number of carbonyl (C=O) groups is 4. The Balaban J connectivity index is 2.41. The molecule has 0 bridgehead atoms. The van der Waals surface area contributed by atoms with Crippen LogP contribution in [0.5, 0.6) is 0 Å². The van der Waals surface area contributed by atoms with Crippen molar-refractivity contribution in [2.75, 3.05) is 19.6 Å². The molecule has 1 aromatic carbocycles. The highest BCUT2D eigenvalue weighted by Gasteiger charge is 2.20. The molecule has 0 aromatic heterocycles. The normalized spacial score (nSPS) is 11.5. The van der Waals surface area contributed by atoms with E-state index in [4.69, 9.17) is 15.9 Å². The number of carboxylic acid groups (broad SMARTS) is 2. The second kappa shape index (κ2) is 16.9. The summed E-state index contributed by atoms with van der Waals surface area (Å²) in [7, 11) is 0. The van der Waals surface area contributed by atoms with Gasteiger partial charge >= 0.3 is 18.0 Å². The standard InChI is InChI=1S/C23H35BrN4O6/c24-18-9-7-17(8-10-18)16-28(20(29)6-2-3-13-25)15-5-1-4-14-26-23(34)27-19(22(32)33)11-12-21(30)31/h7-10,19H,1-6,11-16,25H2,(H,30,31)(H,32,33)(H2,26,27,34)/t19-/m0/s1. The molecule has 10 nitrogen and oxygen atoms in total. The molecule has 1 rings (SSSR count). The van der Waals surface area contributed by atoms with Crippen molar-refractivity contribution in [3.63, 3.8) is 0 Å². The zero-order valence-electron chi connectivity index (χ0n) is 19.3. The number of benzene rings is 1. The molecule has 34 heavy (non-hydrogen) atoms. The van der Waals surface area contributed by atoms with Crippen LogP contribution in [0.4, 0.5) is 4.79 Å². The highest BCUT2D eigenvalue weighted by molar-refractivity contribution is 9.10. The van der Waals surface area contributed by atoms with Crippen LogP contribution in [-0.2, 0) is 20.9 Å². The van der Waals surface area contributed by atoms with Gasteiger partial charge in [0.1, 0.15) is 6.04 Å². The summed E-state index contributed by atoms with van der Waals surface area (Å²) < 4.78 is 0.977. The van der Waals surface area contributed by atoms with Gasteiger partial charge in [-0.2, -0.15) is 0 Å². The van der Waals surface area contributed by atoms with E-state index in [1.54, 1.807) is 0 Å². The first-order valence-corrected chi connectivity index (χ1v) is 12.2. The van der Waals surface area contributed by atoms with Gasteiger partial charge in [0, 0.05) is 36.9 Å². The molecule has 190 valence electrons. The third-order valence-electron chi connectivity index (χ3n) is 5.12. The number of nitrogens with one attached hydrogen (secondary N) is 2. The Kier molecular flexibility index (Phi) is 14.6. The first-order valence-electron chi connectivity index (χ1n) is 11.4. The SMILES string of the molecule is NCCCCC(=O)N(CCCCCNC(=O)N[C@@H](CCC(=O)O)C(=O)O)Cc1ccc(Br)cc1. The Hall–Kier alpha value is -2.66. The monoisotopic (exact) mass is 542 g/mol. The molecule has 1 aromatic rings. The van der Waals surface area contributed by atoms with E-state index in [-0.39, 0.29) is 18.7 Å². The van der Waals surface area contributed by atoms with Gasteiger partial charge in [0.05, 0.1) is 0 Å². The van der Waals surface area contributed by atoms with Gasteiger partial charge in [0.25, 0.3) is 0 Å². The van der Waals surface area contributed by atoms with Gasteiger partial charge in [0.15, 0.2) is 0 Å². The number of hydrogen-bond acceptors (Lipinski definition) is 5. The molecule has 0 heterocycles. The van der Waals surface area contributed by atoms with Gasteiger partial charge in [-0.1, -0.05) is 28.1 Å². The Morgan fingerprint density at radius 3 is 2.29 bits per heavy atom. The van der Waals surface area contributed by atoms with Crippen molar-refractivity contribution in [3.05, 3.63) is 34.3 Å². The summed E-state index contributed by atoms with van der Waals surface area (Å²) in [5.74, 6) is -2.31. The third kappa shape index (κ3) is 13.1. The predicted octanol–water partition coefficient (Wildman–Crippen LogP) is 2.69. The van der Waals surface area contributed by atoms with E-state index in [0.717, 1.165) is 35.7 Å². The molecule has 1 atom stereocenters. The number of nitrogens with zero attached hydrogens (tertiary/aromatic N) is 1. The van der Waals surface area contributed by atoms with Crippen molar-refractivity contribution < 1.29 is 29.4 Å². The lowest BCUT2D eigenvalue weighted by atomic mass is 10.1. The molecule has 0 radical (unpaired) electrons. The molecular weight excluding hydrogens is 508 g/mol. The van der Waals surface area contributed by atoms with Gasteiger partial charge in [-0.3, -0.25) is 9.59 Å². The van der Waals surface area contributed by atoms with Crippen LogP contribution in [0.3, 0.4) is 0 Å². The Bertz CT molecular complexity index is 790. The van der Waals surface area contributed by atoms with Crippen molar-refractivity contribution in [2.24, 2.45) is 5.73 Å². The first-order chi connectivity index (χ1) is 16.2. The van der Waals surface area contributed by atoms with Crippen LogP contribution in [0.15, 0.2) is 28.7 Å². The average molecular weight is 543 g/mol. The van der Waals surface area contributed by atoms with E-state index < -0.39 is 24.0 Å². The molecule has 0 saturated heterocycles. The molecule has 0 fully saturated rings. The number of carboxylic acids is 2. The zero-order valence-corrected chi connectivity index (χ0v) is 20.9. The number of hydrogen-bond donors (Lipinski definition) is 5. The fraction of sp³-hybridized carbons (Fsp3) is 0.565. The summed E-state index contributed by atoms with van der Waals surface area (Å²) in [5.41, 5.74) is 6.57. The summed E-state index contributed by atoms with van der Waals surface area (Å²) in [4.78, 5) is 48.2. The molecule has 0 unspecified atom stereocenters. The molecule has 6 N–H and O–H groups in total. The summed E-state index contributed by atoms with van der Waals surface area (Å²) in [5, 5.41) is 22.6. The van der Waals surface area contributed by atoms with Crippen LogP contribution in [0.25, 0.3) is 0 Å². The number of carbonyl (C=O) groups excluding carboxylic acids is 2. The highest BCUT2D eigenvalue weighted by Crippen LogP contribution is 2.14. The van der Waals surface area contributed by atoms with Gasteiger partial charge < -0.3 is 31.5 Å². The van der Waals surface area contributed by atoms with Crippen LogP contribution < -0.4 is 16.4 Å². The molecular formula is C23H35BrN4O6. The van der Waals surface area contributed by atoms with Crippen LogP contribution in [0.1, 0.15) is 56.9 Å². The van der Waals surface area contributed by atoms with Gasteiger partial charge in [0.2, 0.25) is 5.91 Å². The third-order valence-corrected chi connectivity index (χ3v) is 5.65. The van der Waals surface area contributed by atoms with Crippen molar-refractivity contribution in [3.8, 4) is 0 Å². The Labute approximate surface area is 208 Å². The summed E-state index contributed by atoms with van der Waals surface area (Å²) in [6, 6.07) is 5.94. The van der Waals surface area contributed by atoms with Gasteiger partial charge in [-0.05, 0) is 62.8 Å². The van der Waals surface area contributed by atoms with Gasteiger partial charge in [-0.15, -0.1) is 0 Å². The first kappa shape index (κ1) is 29.4. The minimum atomic E-state index is -1.28. The molecule has 3 amide bonds. The number of halogens is 1. The topological polar surface area (TPSA) is 162 Å². The van der Waals surface area contributed by atoms with E-state index in [2.05, 4.69) is 26.6 Å². The number of amides is 3. The number of urea groups is 1. The molecule has 0 aliphatic rings. The fourth-order valence-electron chi connectivity index (χ4n) is 3.22. The molecule has 11 heteroatoms. The maximum absolute atomic E-state index is 12.7. The molecule has 0 saturated carbocycles. The zero-order chi connectivity index (χ0) is 25.3. The van der Waals surface area contributed by atoms with Crippen molar-refractivity contribution in [1.29, 1.82) is 0 Å². The summed E-state index contributed by atoms with van der Waals surface area (Å²) in [6.45, 7) is 2.03. The Morgan fingerprint density at radius 2 is 1.68 bits per heavy atom. The molecule has 0 aliphatic carbocycles. The highest BCUT2D eigenvalue weighted by atomic mass is 79.9.